The maximum atomic E-state index is 5.40. The van der Waals surface area contributed by atoms with Gasteiger partial charge in [-0.25, -0.2) is 4.98 Å². The number of hydrogen-bond donors (Lipinski definition) is 0. The molecule has 0 aliphatic heterocycles. The van der Waals surface area contributed by atoms with E-state index in [1.54, 1.807) is 0 Å². The van der Waals surface area contributed by atoms with Gasteiger partial charge in [0.15, 0.2) is 11.6 Å². The first-order chi connectivity index (χ1) is 36.7. The second-order valence-electron chi connectivity index (χ2n) is 19.6. The lowest BCUT2D eigenvalue weighted by Crippen LogP contribution is -2.26. The number of pyridine rings is 1. The number of hydrogen-bond acceptors (Lipinski definition) is 4. The molecule has 14 aromatic rings. The molecule has 0 N–H and O–H groups in total. The third kappa shape index (κ3) is 5.63. The first-order valence-corrected chi connectivity index (χ1v) is 25.3. The molecule has 0 amide bonds. The fourth-order valence-electron chi connectivity index (χ4n) is 12.9. The van der Waals surface area contributed by atoms with Crippen molar-refractivity contribution in [2.75, 3.05) is 0 Å². The lowest BCUT2D eigenvalue weighted by molar-refractivity contribution is 0.792. The molecule has 1 spiro atoms. The molecule has 2 aliphatic carbocycles. The summed E-state index contributed by atoms with van der Waals surface area (Å²) in [4.78, 5) is 21.2. The first kappa shape index (κ1) is 40.8. The van der Waals surface area contributed by atoms with Crippen LogP contribution in [0, 0.1) is 0 Å². The molecule has 74 heavy (non-hydrogen) atoms. The predicted molar refractivity (Wildman–Crippen MR) is 303 cm³/mol. The Hall–Kier alpha value is -9.84. The van der Waals surface area contributed by atoms with Gasteiger partial charge in [-0.2, -0.15) is 9.97 Å². The van der Waals surface area contributed by atoms with Crippen LogP contribution in [-0.2, 0) is 5.41 Å². The minimum Gasteiger partial charge on any atom is -0.278 e. The Labute approximate surface area is 426 Å². The summed E-state index contributed by atoms with van der Waals surface area (Å²) in [5.74, 6) is 1.79. The van der Waals surface area contributed by atoms with E-state index >= 15 is 0 Å². The van der Waals surface area contributed by atoms with Crippen molar-refractivity contribution in [3.63, 3.8) is 0 Å². The summed E-state index contributed by atoms with van der Waals surface area (Å²) in [6.45, 7) is 0. The van der Waals surface area contributed by atoms with E-state index < -0.39 is 5.41 Å². The average Bonchev–Trinajstić information content (AvgIpc) is 4.15. The highest BCUT2D eigenvalue weighted by atomic mass is 15.2. The van der Waals surface area contributed by atoms with Gasteiger partial charge in [0.05, 0.1) is 22.1 Å². The molecule has 3 aromatic heterocycles. The molecule has 1 atom stereocenters. The molecular weight excluding hydrogens is 899 g/mol. The summed E-state index contributed by atoms with van der Waals surface area (Å²) in [7, 11) is 0. The minimum atomic E-state index is -0.711. The first-order valence-electron chi connectivity index (χ1n) is 25.3. The van der Waals surface area contributed by atoms with Crippen molar-refractivity contribution in [3.8, 4) is 73.4 Å². The number of aromatic nitrogens is 5. The normalized spacial score (nSPS) is 14.3. The molecule has 342 valence electrons. The molecule has 0 radical (unpaired) electrons. The van der Waals surface area contributed by atoms with E-state index in [0.29, 0.717) is 17.6 Å². The number of nitrogens with zero attached hydrogens (tertiary/aromatic N) is 5. The van der Waals surface area contributed by atoms with Crippen molar-refractivity contribution >= 4 is 54.1 Å². The van der Waals surface area contributed by atoms with Gasteiger partial charge in [-0.05, 0) is 118 Å². The molecule has 2 aliphatic rings. The van der Waals surface area contributed by atoms with Crippen LogP contribution in [0.1, 0.15) is 22.3 Å². The van der Waals surface area contributed by atoms with Crippen LogP contribution in [0.2, 0.25) is 0 Å². The van der Waals surface area contributed by atoms with Crippen LogP contribution in [0.15, 0.2) is 249 Å². The smallest absolute Gasteiger partial charge is 0.238 e. The van der Waals surface area contributed by atoms with Gasteiger partial charge < -0.3 is 0 Å². The van der Waals surface area contributed by atoms with Crippen LogP contribution in [-0.4, -0.2) is 24.5 Å². The van der Waals surface area contributed by atoms with Crippen molar-refractivity contribution in [1.82, 2.24) is 24.5 Å². The van der Waals surface area contributed by atoms with E-state index in [2.05, 4.69) is 211 Å². The zero-order valence-corrected chi connectivity index (χ0v) is 39.9. The second kappa shape index (κ2) is 15.6. The van der Waals surface area contributed by atoms with Crippen molar-refractivity contribution in [1.29, 1.82) is 0 Å². The van der Waals surface area contributed by atoms with Gasteiger partial charge in [-0.3, -0.25) is 9.55 Å². The van der Waals surface area contributed by atoms with Crippen LogP contribution in [0.5, 0.6) is 0 Å². The Morgan fingerprint density at radius 1 is 0.324 bits per heavy atom. The molecular formula is C69H41N5. The van der Waals surface area contributed by atoms with Gasteiger partial charge in [-0.15, -0.1) is 0 Å². The van der Waals surface area contributed by atoms with E-state index in [1.165, 1.54) is 88.0 Å². The van der Waals surface area contributed by atoms with E-state index in [0.717, 1.165) is 44.2 Å². The Morgan fingerprint density at radius 3 is 1.55 bits per heavy atom. The SMILES string of the molecule is c1ccc(-c2nc(-c3ccccc3)nc(-n3c4cc5c(cc4c4c6ccccc6ccc43)-c3ccccc3C53c4cc(-c5c6ccccc6c(-c6ccccc6)c6ccccc56)ccc4-c4ncccc43)n2)cc1. The Kier molecular flexibility index (Phi) is 8.60. The molecule has 3 heterocycles. The minimum absolute atomic E-state index is 0.561. The van der Waals surface area contributed by atoms with Crippen molar-refractivity contribution < 1.29 is 0 Å². The lowest BCUT2D eigenvalue weighted by atomic mass is 9.70. The van der Waals surface area contributed by atoms with Gasteiger partial charge in [0.1, 0.15) is 0 Å². The van der Waals surface area contributed by atoms with E-state index in [4.69, 9.17) is 19.9 Å². The average molecular weight is 940 g/mol. The van der Waals surface area contributed by atoms with Crippen molar-refractivity contribution in [2.45, 2.75) is 5.41 Å². The van der Waals surface area contributed by atoms with Crippen molar-refractivity contribution in [3.05, 3.63) is 271 Å². The lowest BCUT2D eigenvalue weighted by Gasteiger charge is -2.30. The van der Waals surface area contributed by atoms with Gasteiger partial charge in [0, 0.05) is 33.7 Å². The number of rotatable bonds is 5. The number of fused-ring (bicyclic) bond motifs is 17. The maximum Gasteiger partial charge on any atom is 0.238 e. The zero-order chi connectivity index (χ0) is 48.5. The summed E-state index contributed by atoms with van der Waals surface area (Å²) in [6.07, 6.45) is 1.95. The molecule has 11 aromatic carbocycles. The third-order valence-corrected chi connectivity index (χ3v) is 15.9. The molecule has 0 bridgehead atoms. The standard InChI is InChI=1S/C69H41N5/c1-4-20-43(21-5-1)62-49-28-12-14-30-51(49)63(52-31-15-13-29-50(52)62)46-34-36-53-58(39-46)69(57-33-18-38-70-65(53)57)56-32-17-16-27-48(56)54-40-55-61(41-59(54)69)74(60-37-35-42-19-10-11-26-47(42)64(55)60)68-72-66(44-22-6-2-7-23-44)71-67(73-68)45-24-8-3-9-25-45/h1-41H. The van der Waals surface area contributed by atoms with E-state index in [9.17, 15) is 0 Å². The summed E-state index contributed by atoms with van der Waals surface area (Å²) < 4.78 is 2.29. The van der Waals surface area contributed by atoms with Crippen LogP contribution in [0.25, 0.3) is 127 Å². The molecule has 0 fully saturated rings. The number of benzene rings is 11. The van der Waals surface area contributed by atoms with Crippen LogP contribution >= 0.6 is 0 Å². The molecule has 0 saturated heterocycles. The molecule has 1 unspecified atom stereocenters. The van der Waals surface area contributed by atoms with Crippen LogP contribution in [0.3, 0.4) is 0 Å². The Bertz CT molecular complexity index is 4540. The van der Waals surface area contributed by atoms with E-state index in [1.807, 2.05) is 42.6 Å². The molecule has 16 rings (SSSR count). The maximum absolute atomic E-state index is 5.40. The summed E-state index contributed by atoms with van der Waals surface area (Å²) in [6, 6.07) is 88.0. The third-order valence-electron chi connectivity index (χ3n) is 15.9. The van der Waals surface area contributed by atoms with Crippen LogP contribution in [0.4, 0.5) is 0 Å². The van der Waals surface area contributed by atoms with Crippen LogP contribution < -0.4 is 0 Å². The fraction of sp³-hybridized carbons (Fsp3) is 0.0145. The topological polar surface area (TPSA) is 56.5 Å². The largest absolute Gasteiger partial charge is 0.278 e. The molecule has 0 saturated carbocycles. The highest BCUT2D eigenvalue weighted by Gasteiger charge is 2.53. The highest BCUT2D eigenvalue weighted by molar-refractivity contribution is 6.23. The van der Waals surface area contributed by atoms with E-state index in [-0.39, 0.29) is 0 Å². The monoisotopic (exact) mass is 939 g/mol. The highest BCUT2D eigenvalue weighted by Crippen LogP contribution is 2.64. The van der Waals surface area contributed by atoms with Gasteiger partial charge in [0.25, 0.3) is 0 Å². The Balaban J connectivity index is 1.02. The van der Waals surface area contributed by atoms with Crippen molar-refractivity contribution in [2.24, 2.45) is 0 Å². The summed E-state index contributed by atoms with van der Waals surface area (Å²) >= 11 is 0. The fourth-order valence-corrected chi connectivity index (χ4v) is 12.9. The molecule has 5 heteroatoms. The second-order valence-corrected chi connectivity index (χ2v) is 19.6. The summed E-state index contributed by atoms with van der Waals surface area (Å²) in [5.41, 5.74) is 17.5. The summed E-state index contributed by atoms with van der Waals surface area (Å²) in [5, 5.41) is 9.57. The quantitative estimate of drug-likeness (QED) is 0.161. The predicted octanol–water partition coefficient (Wildman–Crippen LogP) is 16.8. The van der Waals surface area contributed by atoms with Gasteiger partial charge >= 0.3 is 0 Å². The molecule has 5 nitrogen and oxygen atoms in total. The van der Waals surface area contributed by atoms with Gasteiger partial charge in [0.2, 0.25) is 5.95 Å². The zero-order valence-electron chi connectivity index (χ0n) is 39.9. The Morgan fingerprint density at radius 2 is 0.878 bits per heavy atom. The van der Waals surface area contributed by atoms with Gasteiger partial charge in [-0.1, -0.05) is 212 Å².